The van der Waals surface area contributed by atoms with Crippen molar-refractivity contribution in [2.75, 3.05) is 0 Å². The van der Waals surface area contributed by atoms with E-state index in [0.717, 1.165) is 35.1 Å². The zero-order valence-electron chi connectivity index (χ0n) is 15.1. The van der Waals surface area contributed by atoms with E-state index in [-0.39, 0.29) is 9.79 Å². The molecule has 1 aromatic heterocycles. The van der Waals surface area contributed by atoms with E-state index in [4.69, 9.17) is 33.7 Å². The van der Waals surface area contributed by atoms with Crippen molar-refractivity contribution in [2.45, 2.75) is 19.4 Å². The molecule has 28 heavy (non-hydrogen) atoms. The normalized spacial score (nSPS) is 11.4. The summed E-state index contributed by atoms with van der Waals surface area (Å²) in [5.41, 5.74) is -4.77. The minimum absolute atomic E-state index is 0.0940. The molecule has 1 N–H and O–H groups in total. The van der Waals surface area contributed by atoms with Crippen LogP contribution in [-0.2, 0) is 23.6 Å². The highest BCUT2D eigenvalue weighted by Crippen LogP contribution is 2.25. The van der Waals surface area contributed by atoms with Gasteiger partial charge in [-0.3, -0.25) is 9.13 Å². The number of aromatic nitrogens is 3. The molecule has 1 heterocycles. The van der Waals surface area contributed by atoms with Crippen LogP contribution in [0, 0.1) is 10.6 Å². The fourth-order valence-electron chi connectivity index (χ4n) is 2.17. The summed E-state index contributed by atoms with van der Waals surface area (Å²) >= 11 is 10.8. The number of carbonyl (C=O) groups excluding carboxylic acids is 1. The maximum absolute atomic E-state index is 14.5. The molecule has 12 heteroatoms. The zero-order chi connectivity index (χ0) is 21.5. The molecule has 0 atom stereocenters. The van der Waals surface area contributed by atoms with Gasteiger partial charge < -0.3 is 9.84 Å². The van der Waals surface area contributed by atoms with E-state index in [0.29, 0.717) is 4.57 Å². The molecular formula is C16H15ClFN3O6S. The van der Waals surface area contributed by atoms with Gasteiger partial charge in [0.05, 0.1) is 16.3 Å². The van der Waals surface area contributed by atoms with Gasteiger partial charge in [0.2, 0.25) is 5.60 Å². The third kappa shape index (κ3) is 3.62. The number of esters is 1. The molecule has 0 radical (unpaired) electrons. The summed E-state index contributed by atoms with van der Waals surface area (Å²) in [6.07, 6.45) is 0. The van der Waals surface area contributed by atoms with Gasteiger partial charge >= 0.3 is 23.3 Å². The van der Waals surface area contributed by atoms with Gasteiger partial charge in [-0.15, -0.1) is 0 Å². The predicted octanol–water partition coefficient (Wildman–Crippen LogP) is 1.42. The van der Waals surface area contributed by atoms with Crippen molar-refractivity contribution in [3.63, 3.8) is 0 Å². The average molecular weight is 432 g/mol. The number of hydrogen-bond acceptors (Lipinski definition) is 6. The first-order chi connectivity index (χ1) is 12.8. The van der Waals surface area contributed by atoms with Crippen molar-refractivity contribution in [2.24, 2.45) is 14.1 Å². The molecule has 0 bridgehead atoms. The Balaban J connectivity index is 2.75. The Morgan fingerprint density at radius 1 is 1.18 bits per heavy atom. The lowest BCUT2D eigenvalue weighted by molar-refractivity contribution is -0.155. The van der Waals surface area contributed by atoms with Crippen molar-refractivity contribution in [3.8, 4) is 5.69 Å². The SMILES string of the molecule is Cn1c(=S)n(C)c(=O)n(-c2cc(C(=O)OC(C)(C)C(=O)O)c(Cl)cc2F)c1=O. The highest BCUT2D eigenvalue weighted by molar-refractivity contribution is 7.71. The number of aliphatic carboxylic acids is 1. The van der Waals surface area contributed by atoms with Crippen molar-refractivity contribution in [1.82, 2.24) is 13.7 Å². The van der Waals surface area contributed by atoms with Crippen LogP contribution in [0.4, 0.5) is 4.39 Å². The monoisotopic (exact) mass is 431 g/mol. The molecule has 0 aliphatic rings. The van der Waals surface area contributed by atoms with Gasteiger partial charge in [-0.1, -0.05) is 11.6 Å². The van der Waals surface area contributed by atoms with Gasteiger partial charge in [0.1, 0.15) is 5.82 Å². The Hall–Kier alpha value is -2.79. The van der Waals surface area contributed by atoms with E-state index < -0.39 is 46.0 Å². The van der Waals surface area contributed by atoms with Gasteiger partial charge in [-0.2, -0.15) is 0 Å². The topological polar surface area (TPSA) is 113 Å². The van der Waals surface area contributed by atoms with Gasteiger partial charge in [0.15, 0.2) is 4.77 Å². The van der Waals surface area contributed by atoms with E-state index in [1.165, 1.54) is 14.1 Å². The van der Waals surface area contributed by atoms with Crippen LogP contribution in [0.5, 0.6) is 0 Å². The molecule has 0 aliphatic heterocycles. The molecule has 0 aliphatic carbocycles. The van der Waals surface area contributed by atoms with Crippen molar-refractivity contribution >= 4 is 35.8 Å². The second-order valence-corrected chi connectivity index (χ2v) is 7.06. The molecule has 1 aromatic carbocycles. The molecule has 0 unspecified atom stereocenters. The Morgan fingerprint density at radius 2 is 1.68 bits per heavy atom. The number of carboxylic acid groups (broad SMARTS) is 1. The summed E-state index contributed by atoms with van der Waals surface area (Å²) in [6, 6.07) is 1.55. The third-order valence-corrected chi connectivity index (χ3v) is 4.75. The second kappa shape index (κ2) is 7.32. The average Bonchev–Trinajstić information content (AvgIpc) is 2.59. The molecule has 0 fully saturated rings. The van der Waals surface area contributed by atoms with Crippen LogP contribution >= 0.6 is 23.8 Å². The summed E-state index contributed by atoms with van der Waals surface area (Å²) in [5.74, 6) is -3.65. The smallest absolute Gasteiger partial charge is 0.347 e. The molecular weight excluding hydrogens is 417 g/mol. The summed E-state index contributed by atoms with van der Waals surface area (Å²) < 4.78 is 21.6. The standard InChI is InChI=1S/C16H15ClFN3O6S/c1-16(2,12(23)24)27-11(22)7-5-10(9(18)6-8(7)17)21-13(25)19(3)15(28)20(4)14(21)26/h5-6H,1-4H3,(H,23,24). The van der Waals surface area contributed by atoms with Crippen LogP contribution in [-0.4, -0.2) is 36.3 Å². The number of hydrogen-bond donors (Lipinski definition) is 1. The van der Waals surface area contributed by atoms with Crippen molar-refractivity contribution < 1.29 is 23.8 Å². The summed E-state index contributed by atoms with van der Waals surface area (Å²) in [6.45, 7) is 2.27. The molecule has 0 saturated carbocycles. The number of rotatable bonds is 4. The Bertz CT molecular complexity index is 1140. The van der Waals surface area contributed by atoms with Gasteiger partial charge in [-0.05, 0) is 38.2 Å². The van der Waals surface area contributed by atoms with Crippen LogP contribution in [0.3, 0.4) is 0 Å². The number of benzene rings is 1. The lowest BCUT2D eigenvalue weighted by atomic mass is 10.1. The number of halogens is 2. The van der Waals surface area contributed by atoms with Crippen LogP contribution in [0.2, 0.25) is 5.02 Å². The highest BCUT2D eigenvalue weighted by Gasteiger charge is 2.33. The fourth-order valence-corrected chi connectivity index (χ4v) is 2.56. The largest absolute Gasteiger partial charge is 0.478 e. The minimum Gasteiger partial charge on any atom is -0.478 e. The fraction of sp³-hybridized carbons (Fsp3) is 0.312. The van der Waals surface area contributed by atoms with Crippen LogP contribution in [0.1, 0.15) is 24.2 Å². The van der Waals surface area contributed by atoms with E-state index in [2.05, 4.69) is 0 Å². The summed E-state index contributed by atoms with van der Waals surface area (Å²) in [5, 5.41) is 8.68. The lowest BCUT2D eigenvalue weighted by Gasteiger charge is -2.20. The van der Waals surface area contributed by atoms with Crippen LogP contribution in [0.15, 0.2) is 21.7 Å². The van der Waals surface area contributed by atoms with Crippen LogP contribution < -0.4 is 11.4 Å². The maximum atomic E-state index is 14.5. The van der Waals surface area contributed by atoms with Crippen molar-refractivity contribution in [3.05, 3.63) is 54.3 Å². The first-order valence-corrected chi connectivity index (χ1v) is 8.43. The first-order valence-electron chi connectivity index (χ1n) is 7.64. The summed E-state index contributed by atoms with van der Waals surface area (Å²) in [7, 11) is 2.58. The minimum atomic E-state index is -1.89. The second-order valence-electron chi connectivity index (χ2n) is 6.29. The molecule has 0 saturated heterocycles. The number of ether oxygens (including phenoxy) is 1. The molecule has 9 nitrogen and oxygen atoms in total. The van der Waals surface area contributed by atoms with E-state index in [9.17, 15) is 23.6 Å². The number of carbonyl (C=O) groups is 2. The van der Waals surface area contributed by atoms with E-state index in [1.54, 1.807) is 0 Å². The molecule has 150 valence electrons. The maximum Gasteiger partial charge on any atom is 0.347 e. The van der Waals surface area contributed by atoms with Crippen molar-refractivity contribution in [1.29, 1.82) is 0 Å². The first kappa shape index (κ1) is 21.5. The Morgan fingerprint density at radius 3 is 2.14 bits per heavy atom. The molecule has 2 aromatic rings. The Labute approximate surface area is 167 Å². The van der Waals surface area contributed by atoms with Gasteiger partial charge in [0.25, 0.3) is 0 Å². The lowest BCUT2D eigenvalue weighted by Crippen LogP contribution is -2.44. The Kier molecular flexibility index (Phi) is 5.62. The van der Waals surface area contributed by atoms with E-state index >= 15 is 0 Å². The third-order valence-electron chi connectivity index (χ3n) is 3.89. The van der Waals surface area contributed by atoms with E-state index in [1.807, 2.05) is 0 Å². The predicted molar refractivity (Wildman–Crippen MR) is 99.2 cm³/mol. The quantitative estimate of drug-likeness (QED) is 0.575. The number of carboxylic acids is 1. The molecule has 2 rings (SSSR count). The number of nitrogens with zero attached hydrogens (tertiary/aromatic N) is 3. The van der Waals surface area contributed by atoms with Crippen LogP contribution in [0.25, 0.3) is 5.69 Å². The van der Waals surface area contributed by atoms with Gasteiger partial charge in [-0.25, -0.2) is 28.1 Å². The molecule has 0 amide bonds. The highest BCUT2D eigenvalue weighted by atomic mass is 35.5. The van der Waals surface area contributed by atoms with Gasteiger partial charge in [0, 0.05) is 14.1 Å². The zero-order valence-corrected chi connectivity index (χ0v) is 16.7. The molecule has 0 spiro atoms. The summed E-state index contributed by atoms with van der Waals surface area (Å²) in [4.78, 5) is 48.4.